The maximum absolute atomic E-state index is 13.1. The van der Waals surface area contributed by atoms with Crippen molar-refractivity contribution in [1.29, 1.82) is 0 Å². The van der Waals surface area contributed by atoms with Crippen molar-refractivity contribution in [2.45, 2.75) is 31.7 Å². The van der Waals surface area contributed by atoms with Crippen molar-refractivity contribution in [3.8, 4) is 0 Å². The topological polar surface area (TPSA) is 33.2 Å². The van der Waals surface area contributed by atoms with Gasteiger partial charge in [0, 0.05) is 24.1 Å². The summed E-state index contributed by atoms with van der Waals surface area (Å²) in [5, 5.41) is 0.951. The fraction of sp³-hybridized carbons (Fsp3) is 0.538. The van der Waals surface area contributed by atoms with E-state index >= 15 is 0 Å². The molecule has 2 rings (SSSR count). The Morgan fingerprint density at radius 3 is 3.11 bits per heavy atom. The average Bonchev–Trinajstić information content (AvgIpc) is 2.83. The van der Waals surface area contributed by atoms with E-state index in [1.54, 1.807) is 0 Å². The summed E-state index contributed by atoms with van der Waals surface area (Å²) in [7, 11) is 0. The van der Waals surface area contributed by atoms with E-state index < -0.39 is 5.82 Å². The summed E-state index contributed by atoms with van der Waals surface area (Å²) in [4.78, 5) is 17.9. The number of hydrogen-bond acceptors (Lipinski definition) is 2. The highest BCUT2D eigenvalue weighted by Gasteiger charge is 2.29. The molecule has 1 aliphatic rings. The first kappa shape index (κ1) is 13.5. The molecule has 98 valence electrons. The van der Waals surface area contributed by atoms with Gasteiger partial charge in [0.15, 0.2) is 0 Å². The first-order chi connectivity index (χ1) is 8.72. The summed E-state index contributed by atoms with van der Waals surface area (Å²) in [6, 6.07) is 1.55. The Morgan fingerprint density at radius 2 is 2.39 bits per heavy atom. The average molecular weight is 315 g/mol. The molecule has 1 amide bonds. The molecular formula is C13H16BrFN2O. The first-order valence-corrected chi connectivity index (χ1v) is 7.32. The van der Waals surface area contributed by atoms with Crippen LogP contribution in [-0.2, 0) is 0 Å². The zero-order chi connectivity index (χ0) is 13.0. The first-order valence-electron chi connectivity index (χ1n) is 6.20. The van der Waals surface area contributed by atoms with Gasteiger partial charge in [0.25, 0.3) is 5.91 Å². The van der Waals surface area contributed by atoms with Gasteiger partial charge in [0.1, 0.15) is 5.82 Å². The molecule has 0 aliphatic carbocycles. The third kappa shape index (κ3) is 3.07. The summed E-state index contributed by atoms with van der Waals surface area (Å²) in [5.41, 5.74) is 0.348. The van der Waals surface area contributed by atoms with E-state index in [9.17, 15) is 9.18 Å². The molecule has 1 saturated heterocycles. The molecule has 18 heavy (non-hydrogen) atoms. The van der Waals surface area contributed by atoms with Crippen LogP contribution in [0.5, 0.6) is 0 Å². The Bertz CT molecular complexity index is 427. The van der Waals surface area contributed by atoms with Crippen LogP contribution in [0.15, 0.2) is 18.5 Å². The molecule has 1 unspecified atom stereocenters. The summed E-state index contributed by atoms with van der Waals surface area (Å²) < 4.78 is 13.1. The van der Waals surface area contributed by atoms with Gasteiger partial charge in [-0.25, -0.2) is 4.39 Å². The van der Waals surface area contributed by atoms with E-state index in [0.717, 1.165) is 43.8 Å². The van der Waals surface area contributed by atoms with Crippen molar-refractivity contribution in [2.75, 3.05) is 11.9 Å². The second kappa shape index (κ2) is 6.27. The Kier molecular flexibility index (Phi) is 4.69. The van der Waals surface area contributed by atoms with Gasteiger partial charge in [-0.2, -0.15) is 0 Å². The molecule has 0 aromatic carbocycles. The molecule has 0 N–H and O–H groups in total. The molecule has 5 heteroatoms. The largest absolute Gasteiger partial charge is 0.336 e. The van der Waals surface area contributed by atoms with E-state index in [2.05, 4.69) is 20.9 Å². The quantitative estimate of drug-likeness (QED) is 0.800. The molecule has 0 bridgehead atoms. The molecule has 0 radical (unpaired) electrons. The van der Waals surface area contributed by atoms with E-state index in [0.29, 0.717) is 11.6 Å². The number of pyridine rings is 1. The van der Waals surface area contributed by atoms with Gasteiger partial charge in [0.2, 0.25) is 0 Å². The van der Waals surface area contributed by atoms with Crippen LogP contribution in [0.4, 0.5) is 4.39 Å². The minimum Gasteiger partial charge on any atom is -0.336 e. The van der Waals surface area contributed by atoms with Gasteiger partial charge in [-0.3, -0.25) is 9.78 Å². The van der Waals surface area contributed by atoms with Crippen LogP contribution in [0.2, 0.25) is 0 Å². The third-order valence-electron chi connectivity index (χ3n) is 3.26. The minimum absolute atomic E-state index is 0.0981. The van der Waals surface area contributed by atoms with Gasteiger partial charge in [-0.1, -0.05) is 15.9 Å². The smallest absolute Gasteiger partial charge is 0.255 e. The number of aromatic nitrogens is 1. The molecule has 1 aromatic rings. The maximum Gasteiger partial charge on any atom is 0.255 e. The Balaban J connectivity index is 2.08. The van der Waals surface area contributed by atoms with Gasteiger partial charge in [-0.05, 0) is 31.7 Å². The van der Waals surface area contributed by atoms with Crippen molar-refractivity contribution in [3.05, 3.63) is 29.8 Å². The highest BCUT2D eigenvalue weighted by Crippen LogP contribution is 2.23. The molecule has 0 spiro atoms. The molecule has 2 heterocycles. The van der Waals surface area contributed by atoms with Crippen molar-refractivity contribution in [2.24, 2.45) is 0 Å². The lowest BCUT2D eigenvalue weighted by Crippen LogP contribution is -2.35. The van der Waals surface area contributed by atoms with Crippen molar-refractivity contribution in [1.82, 2.24) is 9.88 Å². The van der Waals surface area contributed by atoms with Crippen LogP contribution in [0.3, 0.4) is 0 Å². The normalized spacial score (nSPS) is 19.2. The summed E-state index contributed by atoms with van der Waals surface area (Å²) in [5.74, 6) is -0.559. The molecular weight excluding hydrogens is 299 g/mol. The minimum atomic E-state index is -0.461. The highest BCUT2D eigenvalue weighted by molar-refractivity contribution is 9.09. The zero-order valence-electron chi connectivity index (χ0n) is 10.1. The monoisotopic (exact) mass is 314 g/mol. The van der Waals surface area contributed by atoms with Gasteiger partial charge >= 0.3 is 0 Å². The van der Waals surface area contributed by atoms with Gasteiger partial charge < -0.3 is 4.90 Å². The number of nitrogens with zero attached hydrogens (tertiary/aromatic N) is 2. The maximum atomic E-state index is 13.1. The molecule has 1 aliphatic heterocycles. The number of hydrogen-bond donors (Lipinski definition) is 0. The lowest BCUT2D eigenvalue weighted by atomic mass is 10.1. The van der Waals surface area contributed by atoms with Crippen molar-refractivity contribution < 1.29 is 9.18 Å². The van der Waals surface area contributed by atoms with Crippen LogP contribution in [-0.4, -0.2) is 33.7 Å². The lowest BCUT2D eigenvalue weighted by molar-refractivity contribution is 0.0729. The highest BCUT2D eigenvalue weighted by atomic mass is 79.9. The summed E-state index contributed by atoms with van der Waals surface area (Å²) in [6.07, 6.45) is 6.67. The van der Waals surface area contributed by atoms with E-state index in [4.69, 9.17) is 0 Å². The van der Waals surface area contributed by atoms with Crippen LogP contribution in [0.25, 0.3) is 0 Å². The molecule has 1 atom stereocenters. The second-order valence-corrected chi connectivity index (χ2v) is 5.31. The van der Waals surface area contributed by atoms with E-state index in [-0.39, 0.29) is 5.91 Å². The van der Waals surface area contributed by atoms with Crippen molar-refractivity contribution >= 4 is 21.8 Å². The molecule has 3 nitrogen and oxygen atoms in total. The molecule has 1 fully saturated rings. The van der Waals surface area contributed by atoms with Gasteiger partial charge in [-0.15, -0.1) is 0 Å². The lowest BCUT2D eigenvalue weighted by Gasteiger charge is -2.24. The number of likely N-dealkylation sites (tertiary alicyclic amines) is 1. The molecule has 0 saturated carbocycles. The van der Waals surface area contributed by atoms with Crippen LogP contribution >= 0.6 is 15.9 Å². The van der Waals surface area contributed by atoms with Gasteiger partial charge in [0.05, 0.1) is 11.8 Å². The Labute approximate surface area is 115 Å². The van der Waals surface area contributed by atoms with E-state index in [1.165, 1.54) is 12.3 Å². The van der Waals surface area contributed by atoms with Crippen LogP contribution in [0.1, 0.15) is 36.0 Å². The zero-order valence-corrected chi connectivity index (χ0v) is 11.7. The standard InChI is InChI=1S/C13H16BrFN2O/c14-5-1-3-12-4-2-6-17(12)13(18)10-7-11(15)9-16-8-10/h7-9,12H,1-6H2. The van der Waals surface area contributed by atoms with E-state index in [1.807, 2.05) is 4.90 Å². The number of halogens is 2. The summed E-state index contributed by atoms with van der Waals surface area (Å²) in [6.45, 7) is 0.766. The van der Waals surface area contributed by atoms with Crippen LogP contribution in [0, 0.1) is 5.82 Å². The Morgan fingerprint density at radius 1 is 1.56 bits per heavy atom. The predicted molar refractivity (Wildman–Crippen MR) is 71.3 cm³/mol. The summed E-state index contributed by atoms with van der Waals surface area (Å²) >= 11 is 3.41. The number of amides is 1. The van der Waals surface area contributed by atoms with Crippen LogP contribution < -0.4 is 0 Å². The number of carbonyl (C=O) groups excluding carboxylic acids is 1. The second-order valence-electron chi connectivity index (χ2n) is 4.52. The molecule has 1 aromatic heterocycles. The predicted octanol–water partition coefficient (Wildman–Crippen LogP) is 3.00. The SMILES string of the molecule is O=C(c1cncc(F)c1)N1CCCC1CCCBr. The number of rotatable bonds is 4. The fourth-order valence-corrected chi connectivity index (χ4v) is 2.73. The fourth-order valence-electron chi connectivity index (χ4n) is 2.41. The number of alkyl halides is 1. The van der Waals surface area contributed by atoms with Crippen molar-refractivity contribution in [3.63, 3.8) is 0 Å². The number of carbonyl (C=O) groups is 1. The third-order valence-corrected chi connectivity index (χ3v) is 3.82. The Hall–Kier alpha value is -0.970.